The lowest BCUT2D eigenvalue weighted by Crippen LogP contribution is -2.41. The van der Waals surface area contributed by atoms with Gasteiger partial charge in [-0.15, -0.1) is 0 Å². The first-order valence-corrected chi connectivity index (χ1v) is 7.99. The molecule has 0 aliphatic carbocycles. The number of aliphatic imine (C=N–C) groups is 2. The van der Waals surface area contributed by atoms with Crippen LogP contribution in [0.15, 0.2) is 9.98 Å². The van der Waals surface area contributed by atoms with Crippen molar-refractivity contribution < 1.29 is 0 Å². The summed E-state index contributed by atoms with van der Waals surface area (Å²) in [4.78, 5) is 17.8. The van der Waals surface area contributed by atoms with E-state index in [1.165, 1.54) is 18.9 Å². The molecular formula is C15H30N6. The maximum Gasteiger partial charge on any atom is 0.197 e. The van der Waals surface area contributed by atoms with Crippen molar-refractivity contribution in [3.8, 4) is 0 Å². The largest absolute Gasteiger partial charge is 0.349 e. The first-order valence-electron chi connectivity index (χ1n) is 7.99. The van der Waals surface area contributed by atoms with Crippen LogP contribution in [0, 0.1) is 0 Å². The van der Waals surface area contributed by atoms with Crippen molar-refractivity contribution in [3.63, 3.8) is 0 Å². The molecular weight excluding hydrogens is 264 g/mol. The van der Waals surface area contributed by atoms with Gasteiger partial charge in [-0.05, 0) is 20.3 Å². The summed E-state index contributed by atoms with van der Waals surface area (Å²) >= 11 is 0. The van der Waals surface area contributed by atoms with Gasteiger partial charge in [0.1, 0.15) is 0 Å². The van der Waals surface area contributed by atoms with Gasteiger partial charge in [0.2, 0.25) is 0 Å². The number of guanidine groups is 2. The van der Waals surface area contributed by atoms with Crippen LogP contribution < -0.4 is 0 Å². The van der Waals surface area contributed by atoms with Gasteiger partial charge in [0.05, 0.1) is 6.54 Å². The third-order valence-electron chi connectivity index (χ3n) is 4.04. The van der Waals surface area contributed by atoms with Gasteiger partial charge in [-0.25, -0.2) is 0 Å². The molecule has 0 bridgehead atoms. The zero-order valence-electron chi connectivity index (χ0n) is 14.2. The Labute approximate surface area is 129 Å². The van der Waals surface area contributed by atoms with Crippen LogP contribution >= 0.6 is 0 Å². The van der Waals surface area contributed by atoms with Crippen molar-refractivity contribution in [1.29, 1.82) is 0 Å². The fourth-order valence-electron chi connectivity index (χ4n) is 2.96. The highest BCUT2D eigenvalue weighted by atomic mass is 15.5. The quantitative estimate of drug-likeness (QED) is 0.711. The maximum absolute atomic E-state index is 4.47. The summed E-state index contributed by atoms with van der Waals surface area (Å²) in [6.07, 6.45) is 1.19. The molecule has 0 N–H and O–H groups in total. The highest BCUT2D eigenvalue weighted by Crippen LogP contribution is 2.15. The third-order valence-corrected chi connectivity index (χ3v) is 4.04. The summed E-state index contributed by atoms with van der Waals surface area (Å²) in [6, 6.07) is 0.608. The van der Waals surface area contributed by atoms with E-state index in [1.807, 2.05) is 14.1 Å². The Hall–Kier alpha value is -1.46. The number of fused-ring (bicyclic) bond motifs is 1. The predicted molar refractivity (Wildman–Crippen MR) is 89.0 cm³/mol. The summed E-state index contributed by atoms with van der Waals surface area (Å²) in [5.74, 6) is 2.34. The summed E-state index contributed by atoms with van der Waals surface area (Å²) in [7, 11) is 6.14. The second kappa shape index (κ2) is 7.00. The zero-order valence-corrected chi connectivity index (χ0v) is 14.2. The lowest BCUT2D eigenvalue weighted by atomic mass is 10.3. The van der Waals surface area contributed by atoms with Crippen molar-refractivity contribution in [2.45, 2.75) is 26.3 Å². The van der Waals surface area contributed by atoms with Gasteiger partial charge >= 0.3 is 0 Å². The highest BCUT2D eigenvalue weighted by molar-refractivity contribution is 5.83. The molecule has 0 radical (unpaired) electrons. The standard InChI is InChI=1S/C8H15N3.C7H15N3/c1-7(2)11-6-5-10-4-3-9-8(10)11;1-9(2)7-8-5-4-6-10(7)3/h7H,3-6H2,1-2H3;4-6H2,1-3H3. The van der Waals surface area contributed by atoms with Gasteiger partial charge < -0.3 is 19.6 Å². The molecule has 6 heteroatoms. The molecule has 0 atom stereocenters. The Kier molecular flexibility index (Phi) is 5.31. The molecule has 0 unspecified atom stereocenters. The van der Waals surface area contributed by atoms with Crippen molar-refractivity contribution >= 4 is 11.9 Å². The molecule has 6 nitrogen and oxygen atoms in total. The van der Waals surface area contributed by atoms with Gasteiger partial charge in [-0.2, -0.15) is 0 Å². The van der Waals surface area contributed by atoms with E-state index in [2.05, 4.69) is 50.5 Å². The number of rotatable bonds is 1. The van der Waals surface area contributed by atoms with E-state index in [1.54, 1.807) is 0 Å². The number of hydrogen-bond donors (Lipinski definition) is 0. The van der Waals surface area contributed by atoms with Crippen LogP contribution in [0.3, 0.4) is 0 Å². The maximum atomic E-state index is 4.47. The van der Waals surface area contributed by atoms with Crippen molar-refractivity contribution in [3.05, 3.63) is 0 Å². The third kappa shape index (κ3) is 3.80. The fraction of sp³-hybridized carbons (Fsp3) is 0.867. The van der Waals surface area contributed by atoms with E-state index in [0.717, 1.165) is 38.7 Å². The van der Waals surface area contributed by atoms with Crippen LogP contribution in [0.25, 0.3) is 0 Å². The van der Waals surface area contributed by atoms with Crippen molar-refractivity contribution in [1.82, 2.24) is 19.6 Å². The molecule has 3 heterocycles. The van der Waals surface area contributed by atoms with Gasteiger partial charge in [-0.1, -0.05) is 0 Å². The Morgan fingerprint density at radius 3 is 2.33 bits per heavy atom. The minimum Gasteiger partial charge on any atom is -0.349 e. The minimum atomic E-state index is 0.608. The normalized spacial score (nSPS) is 21.0. The molecule has 0 aromatic rings. The number of nitrogens with zero attached hydrogens (tertiary/aromatic N) is 6. The van der Waals surface area contributed by atoms with E-state index >= 15 is 0 Å². The lowest BCUT2D eigenvalue weighted by Gasteiger charge is -2.29. The molecule has 3 aliphatic heterocycles. The van der Waals surface area contributed by atoms with E-state index < -0.39 is 0 Å². The Bertz CT molecular complexity index is 401. The van der Waals surface area contributed by atoms with E-state index in [-0.39, 0.29) is 0 Å². The predicted octanol–water partition coefficient (Wildman–Crippen LogP) is 0.622. The molecule has 0 amide bonds. The summed E-state index contributed by atoms with van der Waals surface area (Å²) < 4.78 is 0. The molecule has 1 saturated heterocycles. The summed E-state index contributed by atoms with van der Waals surface area (Å²) in [5.41, 5.74) is 0. The average Bonchev–Trinajstić information content (AvgIpc) is 3.01. The Morgan fingerprint density at radius 1 is 1.00 bits per heavy atom. The van der Waals surface area contributed by atoms with E-state index in [0.29, 0.717) is 6.04 Å². The first kappa shape index (κ1) is 15.9. The SMILES string of the molecule is CC(C)N1CCN2CCN=C21.CN(C)C1=NCCCN1C. The van der Waals surface area contributed by atoms with Gasteiger partial charge in [-0.3, -0.25) is 9.98 Å². The van der Waals surface area contributed by atoms with Gasteiger partial charge in [0.25, 0.3) is 0 Å². The van der Waals surface area contributed by atoms with Crippen LogP contribution in [0.1, 0.15) is 20.3 Å². The summed E-state index contributed by atoms with van der Waals surface area (Å²) in [5, 5.41) is 0. The van der Waals surface area contributed by atoms with Crippen LogP contribution in [-0.2, 0) is 0 Å². The van der Waals surface area contributed by atoms with Crippen molar-refractivity contribution in [2.24, 2.45) is 9.98 Å². The second-order valence-corrected chi connectivity index (χ2v) is 6.31. The van der Waals surface area contributed by atoms with Crippen LogP contribution in [-0.4, -0.2) is 98.0 Å². The lowest BCUT2D eigenvalue weighted by molar-refractivity contribution is 0.383. The zero-order chi connectivity index (χ0) is 15.4. The average molecular weight is 294 g/mol. The molecule has 3 aliphatic rings. The van der Waals surface area contributed by atoms with Crippen molar-refractivity contribution in [2.75, 3.05) is 60.4 Å². The molecule has 0 saturated carbocycles. The molecule has 1 fully saturated rings. The van der Waals surface area contributed by atoms with Crippen LogP contribution in [0.2, 0.25) is 0 Å². The topological polar surface area (TPSA) is 37.7 Å². The van der Waals surface area contributed by atoms with Gasteiger partial charge in [0.15, 0.2) is 11.9 Å². The van der Waals surface area contributed by atoms with Gasteiger partial charge in [0, 0.05) is 59.9 Å². The first-order chi connectivity index (χ1) is 10.0. The molecule has 3 rings (SSSR count). The van der Waals surface area contributed by atoms with Crippen LogP contribution in [0.5, 0.6) is 0 Å². The minimum absolute atomic E-state index is 0.608. The Morgan fingerprint density at radius 2 is 1.76 bits per heavy atom. The van der Waals surface area contributed by atoms with E-state index in [9.17, 15) is 0 Å². The molecule has 0 aromatic heterocycles. The molecule has 0 spiro atoms. The highest BCUT2D eigenvalue weighted by Gasteiger charge is 2.30. The monoisotopic (exact) mass is 294 g/mol. The van der Waals surface area contributed by atoms with Crippen LogP contribution in [0.4, 0.5) is 0 Å². The number of hydrogen-bond acceptors (Lipinski definition) is 6. The molecule has 120 valence electrons. The van der Waals surface area contributed by atoms with E-state index in [4.69, 9.17) is 0 Å². The second-order valence-electron chi connectivity index (χ2n) is 6.31. The Balaban J connectivity index is 0.000000155. The molecule has 21 heavy (non-hydrogen) atoms. The fourth-order valence-corrected chi connectivity index (χ4v) is 2.96. The smallest absolute Gasteiger partial charge is 0.197 e. The summed E-state index contributed by atoms with van der Waals surface area (Å²) in [6.45, 7) is 11.0. The molecule has 0 aromatic carbocycles.